The lowest BCUT2D eigenvalue weighted by Gasteiger charge is -2.22. The van der Waals surface area contributed by atoms with Crippen molar-refractivity contribution in [1.29, 1.82) is 0 Å². The summed E-state index contributed by atoms with van der Waals surface area (Å²) < 4.78 is 19.2. The summed E-state index contributed by atoms with van der Waals surface area (Å²) in [5.41, 5.74) is 3.00. The maximum Gasteiger partial charge on any atom is 0.257 e. The van der Waals surface area contributed by atoms with E-state index >= 15 is 0 Å². The van der Waals surface area contributed by atoms with Crippen molar-refractivity contribution in [3.05, 3.63) is 60.0 Å². The molecule has 3 rings (SSSR count). The first-order valence-electron chi connectivity index (χ1n) is 8.55. The second-order valence-corrected chi connectivity index (χ2v) is 5.94. The molecule has 5 nitrogen and oxygen atoms in total. The van der Waals surface area contributed by atoms with Crippen LogP contribution in [-0.2, 0) is 9.53 Å². The third-order valence-corrected chi connectivity index (χ3v) is 4.34. The van der Waals surface area contributed by atoms with Gasteiger partial charge in [-0.2, -0.15) is 0 Å². The summed E-state index contributed by atoms with van der Waals surface area (Å²) in [7, 11) is 1.69. The molecule has 0 fully saturated rings. The van der Waals surface area contributed by atoms with Gasteiger partial charge in [0.05, 0.1) is 17.9 Å². The highest BCUT2D eigenvalue weighted by Crippen LogP contribution is 2.33. The van der Waals surface area contributed by atoms with Crippen molar-refractivity contribution in [3.63, 3.8) is 0 Å². The Balaban J connectivity index is 1.74. The molecule has 0 spiro atoms. The number of nitrogens with one attached hydrogen (secondary N) is 2. The Bertz CT molecular complexity index is 818. The summed E-state index contributed by atoms with van der Waals surface area (Å²) in [5.74, 6) is -0.730. The third-order valence-electron chi connectivity index (χ3n) is 4.34. The number of carbonyl (C=O) groups is 1. The Kier molecular flexibility index (Phi) is 5.53. The normalized spacial score (nSPS) is 14.3. The molecule has 6 heteroatoms. The number of amides is 1. The number of rotatable bonds is 7. The van der Waals surface area contributed by atoms with Crippen LogP contribution in [0.25, 0.3) is 5.57 Å². The quantitative estimate of drug-likeness (QED) is 0.744. The SMILES string of the molecule is CCN(CCOC)c1ccc(NC=C2C(=O)Nc3cccc(F)c32)cc1. The highest BCUT2D eigenvalue weighted by molar-refractivity contribution is 6.31. The van der Waals surface area contributed by atoms with Crippen molar-refractivity contribution in [2.45, 2.75) is 6.92 Å². The van der Waals surface area contributed by atoms with Gasteiger partial charge in [0, 0.05) is 43.3 Å². The number of nitrogens with zero attached hydrogens (tertiary/aromatic N) is 1. The van der Waals surface area contributed by atoms with Crippen LogP contribution in [0.4, 0.5) is 21.5 Å². The van der Waals surface area contributed by atoms with E-state index in [-0.39, 0.29) is 11.5 Å². The molecule has 0 bridgehead atoms. The van der Waals surface area contributed by atoms with Crippen molar-refractivity contribution in [2.75, 3.05) is 42.3 Å². The van der Waals surface area contributed by atoms with Gasteiger partial charge in [0.1, 0.15) is 5.82 Å². The molecule has 0 aliphatic carbocycles. The van der Waals surface area contributed by atoms with Gasteiger partial charge in [-0.1, -0.05) is 6.07 Å². The van der Waals surface area contributed by atoms with Crippen LogP contribution in [0.5, 0.6) is 0 Å². The maximum absolute atomic E-state index is 14.0. The molecular formula is C20H22FN3O2. The molecule has 0 atom stereocenters. The third kappa shape index (κ3) is 3.70. The first-order valence-corrected chi connectivity index (χ1v) is 8.55. The molecule has 2 aromatic rings. The molecule has 0 radical (unpaired) electrons. The number of hydrogen-bond acceptors (Lipinski definition) is 4. The van der Waals surface area contributed by atoms with Crippen molar-refractivity contribution in [1.82, 2.24) is 0 Å². The summed E-state index contributed by atoms with van der Waals surface area (Å²) in [6.07, 6.45) is 1.54. The number of halogens is 1. The van der Waals surface area contributed by atoms with Gasteiger partial charge < -0.3 is 20.3 Å². The Morgan fingerprint density at radius 3 is 2.69 bits per heavy atom. The second kappa shape index (κ2) is 8.01. The summed E-state index contributed by atoms with van der Waals surface area (Å²) in [6.45, 7) is 4.47. The van der Waals surface area contributed by atoms with Crippen LogP contribution < -0.4 is 15.5 Å². The molecule has 2 aromatic carbocycles. The topological polar surface area (TPSA) is 53.6 Å². The number of anilines is 3. The summed E-state index contributed by atoms with van der Waals surface area (Å²) in [4.78, 5) is 14.3. The molecule has 2 N–H and O–H groups in total. The summed E-state index contributed by atoms with van der Waals surface area (Å²) in [5, 5.41) is 5.75. The average molecular weight is 355 g/mol. The number of hydrogen-bond donors (Lipinski definition) is 2. The lowest BCUT2D eigenvalue weighted by atomic mass is 10.1. The zero-order valence-corrected chi connectivity index (χ0v) is 14.9. The Hall–Kier alpha value is -2.86. The summed E-state index contributed by atoms with van der Waals surface area (Å²) >= 11 is 0. The van der Waals surface area contributed by atoms with Crippen LogP contribution in [0.3, 0.4) is 0 Å². The van der Waals surface area contributed by atoms with Gasteiger partial charge in [-0.25, -0.2) is 4.39 Å². The molecule has 0 saturated heterocycles. The first kappa shape index (κ1) is 17.9. The standard InChI is InChI=1S/C20H22FN3O2/c1-3-24(11-12-26-2)15-9-7-14(8-10-15)22-13-16-19-17(21)5-4-6-18(19)23-20(16)25/h4-10,13,22H,3,11-12H2,1-2H3,(H,23,25). The predicted molar refractivity (Wildman–Crippen MR) is 103 cm³/mol. The molecule has 0 saturated carbocycles. The number of benzene rings is 2. The molecule has 0 unspecified atom stereocenters. The van der Waals surface area contributed by atoms with Crippen molar-refractivity contribution in [3.8, 4) is 0 Å². The molecule has 136 valence electrons. The minimum Gasteiger partial charge on any atom is -0.383 e. The fourth-order valence-electron chi connectivity index (χ4n) is 2.94. The average Bonchev–Trinajstić information content (AvgIpc) is 2.98. The Morgan fingerprint density at radius 2 is 2.00 bits per heavy atom. The molecule has 1 amide bonds. The number of ether oxygens (including phenoxy) is 1. The van der Waals surface area contributed by atoms with E-state index in [9.17, 15) is 9.18 Å². The molecule has 0 aromatic heterocycles. The first-order chi connectivity index (χ1) is 12.6. The lowest BCUT2D eigenvalue weighted by Crippen LogP contribution is -2.26. The van der Waals surface area contributed by atoms with Crippen LogP contribution in [0.2, 0.25) is 0 Å². The van der Waals surface area contributed by atoms with E-state index in [4.69, 9.17) is 4.74 Å². The monoisotopic (exact) mass is 355 g/mol. The van der Waals surface area contributed by atoms with E-state index in [0.29, 0.717) is 17.9 Å². The maximum atomic E-state index is 14.0. The van der Waals surface area contributed by atoms with E-state index in [1.165, 1.54) is 6.07 Å². The number of likely N-dealkylation sites (N-methyl/N-ethyl adjacent to an activating group) is 1. The van der Waals surface area contributed by atoms with Crippen LogP contribution in [0, 0.1) is 5.82 Å². The number of fused-ring (bicyclic) bond motifs is 1. The highest BCUT2D eigenvalue weighted by atomic mass is 19.1. The van der Waals surface area contributed by atoms with E-state index < -0.39 is 5.82 Å². The van der Waals surface area contributed by atoms with E-state index in [1.54, 1.807) is 25.4 Å². The molecule has 26 heavy (non-hydrogen) atoms. The van der Waals surface area contributed by atoms with Gasteiger partial charge in [0.15, 0.2) is 0 Å². The van der Waals surface area contributed by atoms with Gasteiger partial charge in [-0.05, 0) is 43.3 Å². The largest absolute Gasteiger partial charge is 0.383 e. The zero-order chi connectivity index (χ0) is 18.5. The molecular weight excluding hydrogens is 333 g/mol. The smallest absolute Gasteiger partial charge is 0.257 e. The molecule has 1 heterocycles. The van der Waals surface area contributed by atoms with Gasteiger partial charge in [0.2, 0.25) is 0 Å². The van der Waals surface area contributed by atoms with E-state index in [0.717, 1.165) is 24.5 Å². The zero-order valence-electron chi connectivity index (χ0n) is 14.9. The second-order valence-electron chi connectivity index (χ2n) is 5.94. The number of carbonyl (C=O) groups excluding carboxylic acids is 1. The minimum absolute atomic E-state index is 0.289. The minimum atomic E-state index is -0.416. The Morgan fingerprint density at radius 1 is 1.23 bits per heavy atom. The van der Waals surface area contributed by atoms with Gasteiger partial charge in [-0.15, -0.1) is 0 Å². The molecule has 1 aliphatic rings. The summed E-state index contributed by atoms with van der Waals surface area (Å²) in [6, 6.07) is 12.5. The lowest BCUT2D eigenvalue weighted by molar-refractivity contribution is -0.110. The molecule has 1 aliphatic heterocycles. The van der Waals surface area contributed by atoms with Gasteiger partial charge in [0.25, 0.3) is 5.91 Å². The fourth-order valence-corrected chi connectivity index (χ4v) is 2.94. The van der Waals surface area contributed by atoms with E-state index in [2.05, 4.69) is 22.5 Å². The van der Waals surface area contributed by atoms with Crippen LogP contribution in [0.1, 0.15) is 12.5 Å². The highest BCUT2D eigenvalue weighted by Gasteiger charge is 2.27. The van der Waals surface area contributed by atoms with Crippen LogP contribution >= 0.6 is 0 Å². The van der Waals surface area contributed by atoms with Crippen LogP contribution in [0.15, 0.2) is 48.7 Å². The van der Waals surface area contributed by atoms with Gasteiger partial charge >= 0.3 is 0 Å². The predicted octanol–water partition coefficient (Wildman–Crippen LogP) is 3.70. The van der Waals surface area contributed by atoms with E-state index in [1.807, 2.05) is 24.3 Å². The van der Waals surface area contributed by atoms with Gasteiger partial charge in [-0.3, -0.25) is 4.79 Å². The van der Waals surface area contributed by atoms with Crippen molar-refractivity contribution < 1.29 is 13.9 Å². The number of methoxy groups -OCH3 is 1. The fraction of sp³-hybridized carbons (Fsp3) is 0.250. The Labute approximate surface area is 152 Å². The van der Waals surface area contributed by atoms with Crippen molar-refractivity contribution >= 4 is 28.5 Å². The van der Waals surface area contributed by atoms with Crippen molar-refractivity contribution in [2.24, 2.45) is 0 Å². The van der Waals surface area contributed by atoms with Crippen LogP contribution in [-0.4, -0.2) is 32.7 Å².